The van der Waals surface area contributed by atoms with Gasteiger partial charge in [-0.05, 0) is 59.4 Å². The summed E-state index contributed by atoms with van der Waals surface area (Å²) in [5.41, 5.74) is 3.06. The van der Waals surface area contributed by atoms with Gasteiger partial charge in [-0.15, -0.1) is 0 Å². The molecule has 1 fully saturated rings. The molecule has 2 atom stereocenters. The van der Waals surface area contributed by atoms with E-state index in [9.17, 15) is 9.18 Å². The standard InChI is InChI=1S/C30H35FN2O2/c1-22(2)17-33(30(34)24-12-14-27(31)15-13-24)20-26-19-32(18-23-8-5-4-6-9-23)21-29(26)25-10-7-11-28(16-25)35-3/h4-16,22,26,29H,17-21H2,1-3H3. The van der Waals surface area contributed by atoms with Crippen molar-refractivity contribution in [2.24, 2.45) is 11.8 Å². The monoisotopic (exact) mass is 474 g/mol. The fourth-order valence-corrected chi connectivity index (χ4v) is 5.11. The Labute approximate surface area is 208 Å². The molecule has 5 heteroatoms. The molecule has 1 saturated heterocycles. The van der Waals surface area contributed by atoms with E-state index in [4.69, 9.17) is 4.74 Å². The molecule has 3 aromatic rings. The lowest BCUT2D eigenvalue weighted by Crippen LogP contribution is -2.39. The number of halogens is 1. The molecule has 184 valence electrons. The summed E-state index contributed by atoms with van der Waals surface area (Å²) in [4.78, 5) is 17.9. The minimum Gasteiger partial charge on any atom is -0.497 e. The Morgan fingerprint density at radius 2 is 1.77 bits per heavy atom. The van der Waals surface area contributed by atoms with Crippen molar-refractivity contribution in [3.8, 4) is 5.75 Å². The summed E-state index contributed by atoms with van der Waals surface area (Å²) < 4.78 is 19.0. The molecule has 35 heavy (non-hydrogen) atoms. The third-order valence-corrected chi connectivity index (χ3v) is 6.71. The van der Waals surface area contributed by atoms with Gasteiger partial charge in [0, 0.05) is 44.2 Å². The van der Waals surface area contributed by atoms with Crippen LogP contribution in [0.2, 0.25) is 0 Å². The Hall–Kier alpha value is -3.18. The van der Waals surface area contributed by atoms with Crippen molar-refractivity contribution in [3.63, 3.8) is 0 Å². The molecule has 0 spiro atoms. The van der Waals surface area contributed by atoms with Crippen molar-refractivity contribution in [1.82, 2.24) is 9.80 Å². The Kier molecular flexibility index (Phi) is 8.19. The van der Waals surface area contributed by atoms with Crippen LogP contribution in [0.5, 0.6) is 5.75 Å². The first-order valence-electron chi connectivity index (χ1n) is 12.4. The number of benzene rings is 3. The quantitative estimate of drug-likeness (QED) is 0.390. The first-order valence-corrected chi connectivity index (χ1v) is 12.4. The van der Waals surface area contributed by atoms with E-state index >= 15 is 0 Å². The van der Waals surface area contributed by atoms with E-state index in [-0.39, 0.29) is 23.6 Å². The maximum absolute atomic E-state index is 13.5. The van der Waals surface area contributed by atoms with E-state index in [1.807, 2.05) is 23.1 Å². The van der Waals surface area contributed by atoms with Crippen molar-refractivity contribution < 1.29 is 13.9 Å². The highest BCUT2D eigenvalue weighted by Crippen LogP contribution is 2.36. The fraction of sp³-hybridized carbons (Fsp3) is 0.367. The molecule has 1 heterocycles. The van der Waals surface area contributed by atoms with Crippen molar-refractivity contribution >= 4 is 5.91 Å². The van der Waals surface area contributed by atoms with Gasteiger partial charge in [-0.1, -0.05) is 56.3 Å². The first kappa shape index (κ1) is 24.9. The second-order valence-electron chi connectivity index (χ2n) is 9.93. The van der Waals surface area contributed by atoms with Gasteiger partial charge in [0.2, 0.25) is 0 Å². The highest BCUT2D eigenvalue weighted by atomic mass is 19.1. The summed E-state index contributed by atoms with van der Waals surface area (Å²) in [6, 6.07) is 24.7. The fourth-order valence-electron chi connectivity index (χ4n) is 5.11. The number of likely N-dealkylation sites (tertiary alicyclic amines) is 1. The van der Waals surface area contributed by atoms with Crippen LogP contribution in [0.1, 0.15) is 41.3 Å². The van der Waals surface area contributed by atoms with Gasteiger partial charge in [0.15, 0.2) is 0 Å². The van der Waals surface area contributed by atoms with Gasteiger partial charge in [0.25, 0.3) is 5.91 Å². The normalized spacial score (nSPS) is 18.1. The lowest BCUT2D eigenvalue weighted by molar-refractivity contribution is 0.0703. The molecule has 0 saturated carbocycles. The van der Waals surface area contributed by atoms with Crippen molar-refractivity contribution in [2.45, 2.75) is 26.3 Å². The van der Waals surface area contributed by atoms with Crippen LogP contribution in [-0.2, 0) is 6.54 Å². The molecule has 0 bridgehead atoms. The summed E-state index contributed by atoms with van der Waals surface area (Å²) in [5, 5.41) is 0. The second-order valence-corrected chi connectivity index (χ2v) is 9.93. The smallest absolute Gasteiger partial charge is 0.253 e. The summed E-state index contributed by atoms with van der Waals surface area (Å²) in [7, 11) is 1.69. The Bertz CT molecular complexity index is 1100. The Morgan fingerprint density at radius 1 is 1.03 bits per heavy atom. The molecular weight excluding hydrogens is 439 g/mol. The summed E-state index contributed by atoms with van der Waals surface area (Å²) >= 11 is 0. The molecule has 1 aliphatic rings. The van der Waals surface area contributed by atoms with Crippen LogP contribution in [-0.4, -0.2) is 49.0 Å². The predicted molar refractivity (Wildman–Crippen MR) is 138 cm³/mol. The number of methoxy groups -OCH3 is 1. The van der Waals surface area contributed by atoms with E-state index in [2.05, 4.69) is 55.1 Å². The topological polar surface area (TPSA) is 32.8 Å². The number of rotatable bonds is 9. The van der Waals surface area contributed by atoms with Gasteiger partial charge in [-0.3, -0.25) is 9.69 Å². The van der Waals surface area contributed by atoms with Gasteiger partial charge in [0.1, 0.15) is 11.6 Å². The maximum Gasteiger partial charge on any atom is 0.253 e. The number of amides is 1. The van der Waals surface area contributed by atoms with Crippen LogP contribution < -0.4 is 4.74 Å². The minimum absolute atomic E-state index is 0.0374. The van der Waals surface area contributed by atoms with Crippen LogP contribution >= 0.6 is 0 Å². The number of carbonyl (C=O) groups is 1. The number of nitrogens with zero attached hydrogens (tertiary/aromatic N) is 2. The van der Waals surface area contributed by atoms with Crippen LogP contribution in [0.3, 0.4) is 0 Å². The molecule has 4 nitrogen and oxygen atoms in total. The maximum atomic E-state index is 13.5. The highest BCUT2D eigenvalue weighted by Gasteiger charge is 2.36. The zero-order chi connectivity index (χ0) is 24.8. The van der Waals surface area contributed by atoms with Gasteiger partial charge in [-0.2, -0.15) is 0 Å². The van der Waals surface area contributed by atoms with Crippen molar-refractivity contribution in [2.75, 3.05) is 33.3 Å². The van der Waals surface area contributed by atoms with Crippen LogP contribution in [0.25, 0.3) is 0 Å². The molecule has 0 N–H and O–H groups in total. The summed E-state index contributed by atoms with van der Waals surface area (Å²) in [6.45, 7) is 8.28. The van der Waals surface area contributed by atoms with Crippen LogP contribution in [0, 0.1) is 17.7 Å². The molecule has 0 radical (unpaired) electrons. The molecule has 2 unspecified atom stereocenters. The average molecular weight is 475 g/mol. The minimum atomic E-state index is -0.331. The number of hydrogen-bond donors (Lipinski definition) is 0. The molecule has 0 aromatic heterocycles. The molecule has 4 rings (SSSR count). The number of ether oxygens (including phenoxy) is 1. The predicted octanol–water partition coefficient (Wildman–Crippen LogP) is 5.85. The van der Waals surface area contributed by atoms with Gasteiger partial charge < -0.3 is 9.64 Å². The highest BCUT2D eigenvalue weighted by molar-refractivity contribution is 5.94. The van der Waals surface area contributed by atoms with E-state index in [0.29, 0.717) is 24.6 Å². The SMILES string of the molecule is COc1cccc(C2CN(Cc3ccccc3)CC2CN(CC(C)C)C(=O)c2ccc(F)cc2)c1. The lowest BCUT2D eigenvalue weighted by atomic mass is 9.88. The third kappa shape index (κ3) is 6.49. The van der Waals surface area contributed by atoms with E-state index in [1.54, 1.807) is 19.2 Å². The molecule has 1 amide bonds. The van der Waals surface area contributed by atoms with Gasteiger partial charge in [0.05, 0.1) is 7.11 Å². The van der Waals surface area contributed by atoms with Crippen LogP contribution in [0.15, 0.2) is 78.9 Å². The molecule has 0 aliphatic carbocycles. The van der Waals surface area contributed by atoms with Gasteiger partial charge >= 0.3 is 0 Å². The van der Waals surface area contributed by atoms with Gasteiger partial charge in [-0.25, -0.2) is 4.39 Å². The summed E-state index contributed by atoms with van der Waals surface area (Å²) in [5.74, 6) is 1.37. The van der Waals surface area contributed by atoms with Crippen molar-refractivity contribution in [1.29, 1.82) is 0 Å². The van der Waals surface area contributed by atoms with Crippen molar-refractivity contribution in [3.05, 3.63) is 101 Å². The lowest BCUT2D eigenvalue weighted by Gasteiger charge is -2.30. The molecule has 1 aliphatic heterocycles. The number of hydrogen-bond acceptors (Lipinski definition) is 3. The zero-order valence-corrected chi connectivity index (χ0v) is 20.9. The average Bonchev–Trinajstić information content (AvgIpc) is 3.26. The van der Waals surface area contributed by atoms with E-state index in [1.165, 1.54) is 23.3 Å². The Balaban J connectivity index is 1.59. The Morgan fingerprint density at radius 3 is 2.46 bits per heavy atom. The zero-order valence-electron chi connectivity index (χ0n) is 20.9. The first-order chi connectivity index (χ1) is 16.9. The summed E-state index contributed by atoms with van der Waals surface area (Å²) in [6.07, 6.45) is 0. The van der Waals surface area contributed by atoms with Crippen LogP contribution in [0.4, 0.5) is 4.39 Å². The van der Waals surface area contributed by atoms with E-state index in [0.717, 1.165) is 25.4 Å². The molecular formula is C30H35FN2O2. The molecule has 3 aromatic carbocycles. The third-order valence-electron chi connectivity index (χ3n) is 6.71. The second kappa shape index (κ2) is 11.5. The largest absolute Gasteiger partial charge is 0.497 e. The van der Waals surface area contributed by atoms with E-state index < -0.39 is 0 Å². The number of carbonyl (C=O) groups excluding carboxylic acids is 1.